The predicted molar refractivity (Wildman–Crippen MR) is 78.6 cm³/mol. The van der Waals surface area contributed by atoms with Crippen LogP contribution in [0.2, 0.25) is 0 Å². The van der Waals surface area contributed by atoms with E-state index < -0.39 is 0 Å². The molecule has 1 fully saturated rings. The average molecular weight is 274 g/mol. The van der Waals surface area contributed by atoms with Crippen LogP contribution in [0, 0.1) is 0 Å². The van der Waals surface area contributed by atoms with Gasteiger partial charge in [-0.05, 0) is 32.2 Å². The maximum absolute atomic E-state index is 12.5. The van der Waals surface area contributed by atoms with Gasteiger partial charge in [0.05, 0.1) is 12.2 Å². The number of amides is 1. The number of rotatable bonds is 4. The topological polar surface area (TPSA) is 50.2 Å². The largest absolute Gasteiger partial charge is 0.315 e. The molecular weight excluding hydrogens is 252 g/mol. The van der Waals surface area contributed by atoms with E-state index in [0.717, 1.165) is 57.0 Å². The first kappa shape index (κ1) is 13.4. The van der Waals surface area contributed by atoms with Crippen molar-refractivity contribution in [2.75, 3.05) is 18.4 Å². The number of nitrogens with zero attached hydrogens (tertiary/aromatic N) is 3. The van der Waals surface area contributed by atoms with Crippen LogP contribution in [0.3, 0.4) is 0 Å². The highest BCUT2D eigenvalue weighted by molar-refractivity contribution is 5.94. The maximum atomic E-state index is 12.5. The molecular formula is C15H22N4O. The average Bonchev–Trinajstić information content (AvgIpc) is 3.07. The SMILES string of the molecule is C=CCN1CCCC1C(=O)Nc1cnc2n1CCCC2. The van der Waals surface area contributed by atoms with E-state index in [9.17, 15) is 4.79 Å². The lowest BCUT2D eigenvalue weighted by molar-refractivity contribution is -0.120. The summed E-state index contributed by atoms with van der Waals surface area (Å²) < 4.78 is 2.15. The first-order valence-corrected chi connectivity index (χ1v) is 7.50. The highest BCUT2D eigenvalue weighted by Gasteiger charge is 2.30. The fraction of sp³-hybridized carbons (Fsp3) is 0.600. The van der Waals surface area contributed by atoms with Crippen LogP contribution < -0.4 is 5.32 Å². The van der Waals surface area contributed by atoms with Crippen molar-refractivity contribution in [2.24, 2.45) is 0 Å². The Morgan fingerprint density at radius 2 is 2.35 bits per heavy atom. The Morgan fingerprint density at radius 3 is 3.20 bits per heavy atom. The summed E-state index contributed by atoms with van der Waals surface area (Å²) in [4.78, 5) is 19.1. The second-order valence-electron chi connectivity index (χ2n) is 5.60. The molecule has 0 spiro atoms. The molecule has 0 aromatic carbocycles. The van der Waals surface area contributed by atoms with Crippen LogP contribution in [0.15, 0.2) is 18.9 Å². The van der Waals surface area contributed by atoms with Crippen molar-refractivity contribution in [3.8, 4) is 0 Å². The minimum absolute atomic E-state index is 0.0252. The van der Waals surface area contributed by atoms with Gasteiger partial charge in [0.25, 0.3) is 0 Å². The number of imidazole rings is 1. The van der Waals surface area contributed by atoms with Crippen molar-refractivity contribution in [2.45, 2.75) is 44.7 Å². The third kappa shape index (κ3) is 2.50. The molecule has 1 aromatic rings. The number of anilines is 1. The summed E-state index contributed by atoms with van der Waals surface area (Å²) in [7, 11) is 0. The Kier molecular flexibility index (Phi) is 3.87. The smallest absolute Gasteiger partial charge is 0.242 e. The van der Waals surface area contributed by atoms with E-state index in [1.54, 1.807) is 6.20 Å². The molecule has 2 aliphatic rings. The Morgan fingerprint density at radius 1 is 1.45 bits per heavy atom. The number of likely N-dealkylation sites (tertiary alicyclic amines) is 1. The molecule has 108 valence electrons. The van der Waals surface area contributed by atoms with Crippen LogP contribution in [0.25, 0.3) is 0 Å². The molecule has 3 heterocycles. The van der Waals surface area contributed by atoms with Crippen molar-refractivity contribution in [1.29, 1.82) is 0 Å². The first-order chi connectivity index (χ1) is 9.79. The van der Waals surface area contributed by atoms with E-state index in [1.807, 2.05) is 6.08 Å². The van der Waals surface area contributed by atoms with Crippen molar-refractivity contribution in [3.63, 3.8) is 0 Å². The summed E-state index contributed by atoms with van der Waals surface area (Å²) in [6, 6.07) is -0.0252. The number of fused-ring (bicyclic) bond motifs is 1. The van der Waals surface area contributed by atoms with Crippen LogP contribution in [0.1, 0.15) is 31.5 Å². The van der Waals surface area contributed by atoms with Gasteiger partial charge in [0.2, 0.25) is 5.91 Å². The zero-order chi connectivity index (χ0) is 13.9. The van der Waals surface area contributed by atoms with Gasteiger partial charge in [0.15, 0.2) is 0 Å². The lowest BCUT2D eigenvalue weighted by atomic mass is 10.2. The molecule has 0 bridgehead atoms. The van der Waals surface area contributed by atoms with E-state index in [4.69, 9.17) is 0 Å². The highest BCUT2D eigenvalue weighted by Crippen LogP contribution is 2.22. The van der Waals surface area contributed by atoms with Crippen LogP contribution in [-0.2, 0) is 17.8 Å². The Balaban J connectivity index is 1.69. The Labute approximate surface area is 119 Å². The number of carbonyl (C=O) groups excluding carboxylic acids is 1. The van der Waals surface area contributed by atoms with E-state index >= 15 is 0 Å². The summed E-state index contributed by atoms with van der Waals surface area (Å²) in [5.41, 5.74) is 0. The zero-order valence-corrected chi connectivity index (χ0v) is 11.8. The summed E-state index contributed by atoms with van der Waals surface area (Å²) in [6.07, 6.45) is 9.05. The molecule has 0 aliphatic carbocycles. The van der Waals surface area contributed by atoms with Crippen molar-refractivity contribution in [3.05, 3.63) is 24.7 Å². The quantitative estimate of drug-likeness (QED) is 0.852. The van der Waals surface area contributed by atoms with Crippen molar-refractivity contribution in [1.82, 2.24) is 14.5 Å². The molecule has 1 aromatic heterocycles. The normalized spacial score (nSPS) is 22.5. The second kappa shape index (κ2) is 5.79. The number of hydrogen-bond donors (Lipinski definition) is 1. The van der Waals surface area contributed by atoms with E-state index in [0.29, 0.717) is 0 Å². The van der Waals surface area contributed by atoms with Gasteiger partial charge < -0.3 is 9.88 Å². The number of nitrogens with one attached hydrogen (secondary N) is 1. The fourth-order valence-electron chi connectivity index (χ4n) is 3.23. The molecule has 0 radical (unpaired) electrons. The van der Waals surface area contributed by atoms with Gasteiger partial charge in [-0.15, -0.1) is 6.58 Å². The minimum Gasteiger partial charge on any atom is -0.315 e. The zero-order valence-electron chi connectivity index (χ0n) is 11.8. The van der Waals surface area contributed by atoms with E-state index in [1.165, 1.54) is 6.42 Å². The monoisotopic (exact) mass is 274 g/mol. The molecule has 1 N–H and O–H groups in total. The van der Waals surface area contributed by atoms with Gasteiger partial charge in [0, 0.05) is 19.5 Å². The molecule has 1 saturated heterocycles. The summed E-state index contributed by atoms with van der Waals surface area (Å²) in [6.45, 7) is 6.49. The molecule has 2 aliphatic heterocycles. The fourth-order valence-corrected chi connectivity index (χ4v) is 3.23. The molecule has 3 rings (SSSR count). The van der Waals surface area contributed by atoms with Crippen LogP contribution in [0.5, 0.6) is 0 Å². The highest BCUT2D eigenvalue weighted by atomic mass is 16.2. The van der Waals surface area contributed by atoms with Crippen LogP contribution in [0.4, 0.5) is 5.82 Å². The maximum Gasteiger partial charge on any atom is 0.242 e. The number of aryl methyl sites for hydroxylation is 1. The van der Waals surface area contributed by atoms with Gasteiger partial charge in [-0.25, -0.2) is 4.98 Å². The minimum atomic E-state index is -0.0252. The number of carbonyl (C=O) groups is 1. The second-order valence-corrected chi connectivity index (χ2v) is 5.60. The third-order valence-corrected chi connectivity index (χ3v) is 4.25. The summed E-state index contributed by atoms with van der Waals surface area (Å²) in [5.74, 6) is 2.05. The van der Waals surface area contributed by atoms with Crippen LogP contribution in [-0.4, -0.2) is 39.5 Å². The molecule has 1 atom stereocenters. The molecule has 1 amide bonds. The molecule has 5 heteroatoms. The van der Waals surface area contributed by atoms with E-state index in [2.05, 4.69) is 26.3 Å². The van der Waals surface area contributed by atoms with Gasteiger partial charge in [-0.3, -0.25) is 9.69 Å². The van der Waals surface area contributed by atoms with Gasteiger partial charge in [-0.1, -0.05) is 6.08 Å². The Bertz CT molecular complexity index is 508. The summed E-state index contributed by atoms with van der Waals surface area (Å²) >= 11 is 0. The van der Waals surface area contributed by atoms with Gasteiger partial charge >= 0.3 is 0 Å². The first-order valence-electron chi connectivity index (χ1n) is 7.50. The van der Waals surface area contributed by atoms with Gasteiger partial charge in [0.1, 0.15) is 11.6 Å². The molecule has 5 nitrogen and oxygen atoms in total. The standard InChI is InChI=1S/C15H22N4O/c1-2-8-18-9-5-6-12(18)15(20)17-14-11-16-13-7-3-4-10-19(13)14/h2,11-12H,1,3-10H2,(H,17,20). The number of hydrogen-bond acceptors (Lipinski definition) is 3. The predicted octanol–water partition coefficient (Wildman–Crippen LogP) is 1.81. The van der Waals surface area contributed by atoms with Crippen molar-refractivity contribution >= 4 is 11.7 Å². The molecule has 20 heavy (non-hydrogen) atoms. The lowest BCUT2D eigenvalue weighted by Gasteiger charge is -2.23. The van der Waals surface area contributed by atoms with Crippen LogP contribution >= 0.6 is 0 Å². The number of aromatic nitrogens is 2. The van der Waals surface area contributed by atoms with Crippen molar-refractivity contribution < 1.29 is 4.79 Å². The summed E-state index contributed by atoms with van der Waals surface area (Å²) in [5, 5.41) is 3.07. The van der Waals surface area contributed by atoms with Gasteiger partial charge in [-0.2, -0.15) is 0 Å². The van der Waals surface area contributed by atoms with E-state index in [-0.39, 0.29) is 11.9 Å². The lowest BCUT2D eigenvalue weighted by Crippen LogP contribution is -2.40. The third-order valence-electron chi connectivity index (χ3n) is 4.25. The molecule has 1 unspecified atom stereocenters. The Hall–Kier alpha value is -1.62. The molecule has 0 saturated carbocycles.